The average molecular weight is 370 g/mol. The lowest BCUT2D eigenvalue weighted by molar-refractivity contribution is -0.122. The topological polar surface area (TPSA) is 42.0 Å². The van der Waals surface area contributed by atoms with Crippen molar-refractivity contribution in [1.29, 1.82) is 0 Å². The minimum Gasteiger partial charge on any atom is -0.487 e. The van der Waals surface area contributed by atoms with E-state index in [1.54, 1.807) is 0 Å². The largest absolute Gasteiger partial charge is 0.487 e. The summed E-state index contributed by atoms with van der Waals surface area (Å²) in [7, 11) is 0. The van der Waals surface area contributed by atoms with Gasteiger partial charge in [-0.2, -0.15) is 0 Å². The summed E-state index contributed by atoms with van der Waals surface area (Å²) < 4.78 is 11.8. The van der Waals surface area contributed by atoms with E-state index in [2.05, 4.69) is 30.0 Å². The van der Waals surface area contributed by atoms with E-state index in [4.69, 9.17) is 9.47 Å². The van der Waals surface area contributed by atoms with E-state index in [0.717, 1.165) is 70.7 Å². The van der Waals surface area contributed by atoms with Crippen LogP contribution in [0.3, 0.4) is 0 Å². The van der Waals surface area contributed by atoms with Crippen LogP contribution in [0.25, 0.3) is 0 Å². The molecule has 2 atom stereocenters. The van der Waals surface area contributed by atoms with Crippen LogP contribution in [0, 0.1) is 5.92 Å². The first kappa shape index (κ1) is 17.5. The number of hydrogen-bond donors (Lipinski definition) is 0. The van der Waals surface area contributed by atoms with Gasteiger partial charge in [-0.1, -0.05) is 13.0 Å². The summed E-state index contributed by atoms with van der Waals surface area (Å²) in [6, 6.07) is 7.48. The Morgan fingerprint density at radius 2 is 2.00 bits per heavy atom. The smallest absolute Gasteiger partial charge is 0.210 e. The van der Waals surface area contributed by atoms with Crippen LogP contribution in [-0.2, 0) is 16.0 Å². The van der Waals surface area contributed by atoms with Gasteiger partial charge in [0, 0.05) is 38.9 Å². The Balaban J connectivity index is 1.29. The first-order chi connectivity index (χ1) is 13.2. The molecule has 0 aliphatic carbocycles. The predicted octanol–water partition coefficient (Wildman–Crippen LogP) is 2.78. The molecule has 4 aliphatic rings. The number of carbonyl (C=O) groups excluding carboxylic acids is 1. The molecule has 0 N–H and O–H groups in total. The van der Waals surface area contributed by atoms with Crippen LogP contribution in [0.4, 0.5) is 0 Å². The van der Waals surface area contributed by atoms with E-state index in [9.17, 15) is 4.79 Å². The second-order valence-corrected chi connectivity index (χ2v) is 9.06. The van der Waals surface area contributed by atoms with Gasteiger partial charge in [-0.25, -0.2) is 0 Å². The van der Waals surface area contributed by atoms with Gasteiger partial charge >= 0.3 is 0 Å². The molecule has 0 bridgehead atoms. The zero-order chi connectivity index (χ0) is 18.4. The van der Waals surface area contributed by atoms with Crippen LogP contribution in [0.2, 0.25) is 0 Å². The predicted molar refractivity (Wildman–Crippen MR) is 103 cm³/mol. The Bertz CT molecular complexity index is 710. The maximum Gasteiger partial charge on any atom is 0.210 e. The fraction of sp³-hybridized carbons (Fsp3) is 0.682. The highest BCUT2D eigenvalue weighted by atomic mass is 16.5. The Morgan fingerprint density at radius 3 is 2.70 bits per heavy atom. The van der Waals surface area contributed by atoms with Crippen molar-refractivity contribution < 1.29 is 14.3 Å². The highest BCUT2D eigenvalue weighted by molar-refractivity contribution is 5.50. The highest BCUT2D eigenvalue weighted by Crippen LogP contribution is 2.43. The van der Waals surface area contributed by atoms with Gasteiger partial charge in [-0.3, -0.25) is 9.69 Å². The second kappa shape index (κ2) is 6.78. The number of benzene rings is 1. The molecule has 27 heavy (non-hydrogen) atoms. The molecule has 5 rings (SSSR count). The van der Waals surface area contributed by atoms with Crippen molar-refractivity contribution >= 4 is 6.41 Å². The van der Waals surface area contributed by atoms with E-state index < -0.39 is 0 Å². The first-order valence-electron chi connectivity index (χ1n) is 10.5. The van der Waals surface area contributed by atoms with Crippen LogP contribution >= 0.6 is 0 Å². The number of likely N-dealkylation sites (tertiary alicyclic amines) is 2. The van der Waals surface area contributed by atoms with Gasteiger partial charge in [-0.05, 0) is 42.0 Å². The Kier molecular flexibility index (Phi) is 4.40. The van der Waals surface area contributed by atoms with Crippen LogP contribution in [0.5, 0.6) is 5.75 Å². The van der Waals surface area contributed by atoms with Crippen molar-refractivity contribution in [1.82, 2.24) is 9.80 Å². The van der Waals surface area contributed by atoms with E-state index in [0.29, 0.717) is 12.0 Å². The summed E-state index contributed by atoms with van der Waals surface area (Å²) in [6.45, 7) is 7.10. The molecule has 1 spiro atoms. The summed E-state index contributed by atoms with van der Waals surface area (Å²) in [4.78, 5) is 16.1. The highest BCUT2D eigenvalue weighted by Gasteiger charge is 2.44. The third kappa shape index (κ3) is 3.15. The van der Waals surface area contributed by atoms with Gasteiger partial charge in [0.1, 0.15) is 11.4 Å². The van der Waals surface area contributed by atoms with Crippen LogP contribution in [0.1, 0.15) is 49.8 Å². The maximum atomic E-state index is 11.6. The molecule has 1 unspecified atom stereocenters. The SMILES string of the molecule is C[C@H]1CCC(c2ccc3c(c2)CC2(CCN(C4COC4)CC2)O3)N(C=O)C1. The summed E-state index contributed by atoms with van der Waals surface area (Å²) in [5.41, 5.74) is 2.59. The van der Waals surface area contributed by atoms with Gasteiger partial charge < -0.3 is 14.4 Å². The van der Waals surface area contributed by atoms with Gasteiger partial charge in [0.25, 0.3) is 0 Å². The van der Waals surface area contributed by atoms with Gasteiger partial charge in [-0.15, -0.1) is 0 Å². The number of piperidine rings is 2. The molecule has 3 fully saturated rings. The molecule has 1 aromatic rings. The van der Waals surface area contributed by atoms with Crippen molar-refractivity contribution in [2.24, 2.45) is 5.92 Å². The molecule has 5 heteroatoms. The number of rotatable bonds is 3. The number of amides is 1. The Morgan fingerprint density at radius 1 is 1.19 bits per heavy atom. The van der Waals surface area contributed by atoms with Crippen LogP contribution < -0.4 is 4.74 Å². The minimum absolute atomic E-state index is 0.0204. The van der Waals surface area contributed by atoms with Gasteiger partial charge in [0.05, 0.1) is 25.3 Å². The minimum atomic E-state index is -0.0204. The number of nitrogens with zero attached hydrogens (tertiary/aromatic N) is 2. The molecule has 146 valence electrons. The van der Waals surface area contributed by atoms with E-state index >= 15 is 0 Å². The first-order valence-corrected chi connectivity index (χ1v) is 10.5. The van der Waals surface area contributed by atoms with Crippen molar-refractivity contribution in [2.45, 2.75) is 56.7 Å². The third-order valence-electron chi connectivity index (χ3n) is 7.15. The van der Waals surface area contributed by atoms with Crippen molar-refractivity contribution in [3.05, 3.63) is 29.3 Å². The quantitative estimate of drug-likeness (QED) is 0.768. The Hall–Kier alpha value is -1.59. The van der Waals surface area contributed by atoms with Crippen LogP contribution in [0.15, 0.2) is 18.2 Å². The molecule has 4 aliphatic heterocycles. The molecule has 4 heterocycles. The van der Waals surface area contributed by atoms with E-state index in [-0.39, 0.29) is 11.6 Å². The van der Waals surface area contributed by atoms with Crippen molar-refractivity contribution in [3.8, 4) is 5.75 Å². The number of carbonyl (C=O) groups is 1. The van der Waals surface area contributed by atoms with Gasteiger partial charge in [0.2, 0.25) is 6.41 Å². The lowest BCUT2D eigenvalue weighted by Gasteiger charge is -2.44. The molecule has 1 aromatic carbocycles. The van der Waals surface area contributed by atoms with Crippen molar-refractivity contribution in [2.75, 3.05) is 32.8 Å². The zero-order valence-electron chi connectivity index (χ0n) is 16.2. The lowest BCUT2D eigenvalue weighted by atomic mass is 9.85. The van der Waals surface area contributed by atoms with E-state index in [1.807, 2.05) is 4.90 Å². The number of hydrogen-bond acceptors (Lipinski definition) is 4. The Labute approximate surface area is 161 Å². The van der Waals surface area contributed by atoms with Crippen molar-refractivity contribution in [3.63, 3.8) is 0 Å². The second-order valence-electron chi connectivity index (χ2n) is 9.06. The molecule has 0 saturated carbocycles. The fourth-order valence-electron chi connectivity index (χ4n) is 5.33. The van der Waals surface area contributed by atoms with Crippen LogP contribution in [-0.4, -0.2) is 60.7 Å². The molecule has 0 radical (unpaired) electrons. The summed E-state index contributed by atoms with van der Waals surface area (Å²) in [6.07, 6.45) is 6.47. The molecule has 0 aromatic heterocycles. The summed E-state index contributed by atoms with van der Waals surface area (Å²) >= 11 is 0. The monoisotopic (exact) mass is 370 g/mol. The zero-order valence-corrected chi connectivity index (χ0v) is 16.2. The molecule has 3 saturated heterocycles. The fourth-order valence-corrected chi connectivity index (χ4v) is 5.33. The average Bonchev–Trinajstić information content (AvgIpc) is 2.99. The summed E-state index contributed by atoms with van der Waals surface area (Å²) in [5.74, 6) is 1.65. The number of fused-ring (bicyclic) bond motifs is 1. The molecular weight excluding hydrogens is 340 g/mol. The standard InChI is InChI=1S/C22H30N2O3/c1-16-2-4-20(24(12-16)15-25)17-3-5-21-18(10-17)11-22(27-21)6-8-23(9-7-22)19-13-26-14-19/h3,5,10,15-16,19-20H,2,4,6-9,11-14H2,1H3/t16-,20?/m0/s1. The van der Waals surface area contributed by atoms with E-state index in [1.165, 1.54) is 17.5 Å². The molecule has 5 nitrogen and oxygen atoms in total. The normalized spacial score (nSPS) is 30.6. The lowest BCUT2D eigenvalue weighted by Crippen LogP contribution is -2.56. The maximum absolute atomic E-state index is 11.6. The number of ether oxygens (including phenoxy) is 2. The molecule has 1 amide bonds. The third-order valence-corrected chi connectivity index (χ3v) is 7.15. The molecular formula is C22H30N2O3. The summed E-state index contributed by atoms with van der Waals surface area (Å²) in [5, 5.41) is 0. The van der Waals surface area contributed by atoms with Gasteiger partial charge in [0.15, 0.2) is 0 Å².